The summed E-state index contributed by atoms with van der Waals surface area (Å²) in [4.78, 5) is 14.6. The van der Waals surface area contributed by atoms with Crippen LogP contribution in [-0.4, -0.2) is 9.91 Å². The van der Waals surface area contributed by atoms with Crippen molar-refractivity contribution in [2.45, 2.75) is 26.4 Å². The molecule has 2 rings (SSSR count). The van der Waals surface area contributed by atoms with E-state index < -0.39 is 0 Å². The number of nitro benzene ring substituents is 1. The molecule has 1 heterocycles. The summed E-state index contributed by atoms with van der Waals surface area (Å²) in [5.41, 5.74) is 3.10. The molecule has 5 nitrogen and oxygen atoms in total. The average Bonchev–Trinajstić information content (AvgIpc) is 2.46. The maximum Gasteiger partial charge on any atom is 0.269 e. The van der Waals surface area contributed by atoms with Gasteiger partial charge in [-0.25, -0.2) is 0 Å². The number of non-ortho nitro benzene ring substituents is 1. The van der Waals surface area contributed by atoms with E-state index in [9.17, 15) is 10.1 Å². The Kier molecular flexibility index (Phi) is 4.42. The third-order valence-electron chi connectivity index (χ3n) is 3.17. The third-order valence-corrected chi connectivity index (χ3v) is 3.17. The van der Waals surface area contributed by atoms with Gasteiger partial charge < -0.3 is 5.32 Å². The van der Waals surface area contributed by atoms with Crippen LogP contribution in [0.3, 0.4) is 0 Å². The van der Waals surface area contributed by atoms with Gasteiger partial charge in [-0.2, -0.15) is 0 Å². The maximum absolute atomic E-state index is 10.8. The number of nitrogens with one attached hydrogen (secondary N) is 1. The maximum atomic E-state index is 10.8. The Morgan fingerprint density at radius 2 is 2.15 bits per heavy atom. The number of hydrogen-bond donors (Lipinski definition) is 1. The molecule has 0 aliphatic rings. The Balaban J connectivity index is 2.01. The van der Waals surface area contributed by atoms with Gasteiger partial charge in [0, 0.05) is 36.6 Å². The molecule has 2 aromatic rings. The summed E-state index contributed by atoms with van der Waals surface area (Å²) in [5, 5.41) is 14.1. The van der Waals surface area contributed by atoms with Gasteiger partial charge in [0.2, 0.25) is 0 Å². The Morgan fingerprint density at radius 3 is 2.80 bits per heavy atom. The first-order valence-electron chi connectivity index (χ1n) is 6.45. The normalized spacial score (nSPS) is 12.1. The molecule has 0 aliphatic heterocycles. The standard InChI is InChI=1S/C15H17N3O2/c1-11-6-7-13(9-16-11)10-17-12(2)14-4-3-5-15(8-14)18(19)20/h3-9,12,17H,10H2,1-2H3. The number of nitro groups is 1. The van der Waals surface area contributed by atoms with Crippen LogP contribution in [-0.2, 0) is 6.54 Å². The summed E-state index contributed by atoms with van der Waals surface area (Å²) in [6.07, 6.45) is 1.84. The number of rotatable bonds is 5. The van der Waals surface area contributed by atoms with Crippen molar-refractivity contribution in [2.75, 3.05) is 0 Å². The van der Waals surface area contributed by atoms with E-state index in [-0.39, 0.29) is 16.7 Å². The molecular formula is C15H17N3O2. The van der Waals surface area contributed by atoms with Gasteiger partial charge in [0.05, 0.1) is 4.92 Å². The predicted octanol–water partition coefficient (Wildman–Crippen LogP) is 3.15. The molecular weight excluding hydrogens is 254 g/mol. The predicted molar refractivity (Wildman–Crippen MR) is 77.3 cm³/mol. The number of nitrogens with zero attached hydrogens (tertiary/aromatic N) is 2. The van der Waals surface area contributed by atoms with E-state index in [0.717, 1.165) is 16.8 Å². The molecule has 0 amide bonds. The zero-order valence-corrected chi connectivity index (χ0v) is 11.5. The monoisotopic (exact) mass is 271 g/mol. The second-order valence-electron chi connectivity index (χ2n) is 4.76. The number of pyridine rings is 1. The molecule has 1 aromatic carbocycles. The number of aromatic nitrogens is 1. The summed E-state index contributed by atoms with van der Waals surface area (Å²) in [7, 11) is 0. The molecule has 0 spiro atoms. The first-order valence-corrected chi connectivity index (χ1v) is 6.45. The molecule has 20 heavy (non-hydrogen) atoms. The largest absolute Gasteiger partial charge is 0.306 e. The highest BCUT2D eigenvalue weighted by Crippen LogP contribution is 2.19. The quantitative estimate of drug-likeness (QED) is 0.670. The Labute approximate surface area is 117 Å². The highest BCUT2D eigenvalue weighted by molar-refractivity contribution is 5.35. The van der Waals surface area contributed by atoms with E-state index in [1.165, 1.54) is 6.07 Å². The molecule has 0 radical (unpaired) electrons. The van der Waals surface area contributed by atoms with E-state index >= 15 is 0 Å². The lowest BCUT2D eigenvalue weighted by molar-refractivity contribution is -0.384. The SMILES string of the molecule is Cc1ccc(CNC(C)c2cccc([N+](=O)[O-])c2)cn1. The van der Waals surface area contributed by atoms with E-state index in [2.05, 4.69) is 10.3 Å². The summed E-state index contributed by atoms with van der Waals surface area (Å²) in [5.74, 6) is 0. The molecule has 1 N–H and O–H groups in total. The van der Waals surface area contributed by atoms with Crippen LogP contribution < -0.4 is 5.32 Å². The van der Waals surface area contributed by atoms with Gasteiger partial charge >= 0.3 is 0 Å². The zero-order chi connectivity index (χ0) is 14.5. The summed E-state index contributed by atoms with van der Waals surface area (Å²) >= 11 is 0. The topological polar surface area (TPSA) is 68.1 Å². The van der Waals surface area contributed by atoms with Crippen molar-refractivity contribution in [2.24, 2.45) is 0 Å². The van der Waals surface area contributed by atoms with Crippen LogP contribution >= 0.6 is 0 Å². The lowest BCUT2D eigenvalue weighted by atomic mass is 10.1. The van der Waals surface area contributed by atoms with Gasteiger partial charge in [-0.05, 0) is 31.0 Å². The van der Waals surface area contributed by atoms with Crippen molar-refractivity contribution in [3.8, 4) is 0 Å². The van der Waals surface area contributed by atoms with Crippen LogP contribution in [0.25, 0.3) is 0 Å². The minimum atomic E-state index is -0.375. The fourth-order valence-electron chi connectivity index (χ4n) is 1.90. The van der Waals surface area contributed by atoms with Gasteiger partial charge in [0.15, 0.2) is 0 Å². The average molecular weight is 271 g/mol. The molecule has 1 aromatic heterocycles. The van der Waals surface area contributed by atoms with Crippen LogP contribution in [0.15, 0.2) is 42.6 Å². The van der Waals surface area contributed by atoms with E-state index in [4.69, 9.17) is 0 Å². The smallest absolute Gasteiger partial charge is 0.269 e. The Hall–Kier alpha value is -2.27. The van der Waals surface area contributed by atoms with Crippen molar-refractivity contribution >= 4 is 5.69 Å². The molecule has 0 bridgehead atoms. The highest BCUT2D eigenvalue weighted by atomic mass is 16.6. The van der Waals surface area contributed by atoms with Crippen LogP contribution in [0.5, 0.6) is 0 Å². The minimum Gasteiger partial charge on any atom is -0.306 e. The molecule has 1 atom stereocenters. The van der Waals surface area contributed by atoms with E-state index in [0.29, 0.717) is 6.54 Å². The fraction of sp³-hybridized carbons (Fsp3) is 0.267. The van der Waals surface area contributed by atoms with Gasteiger partial charge in [0.1, 0.15) is 0 Å². The van der Waals surface area contributed by atoms with Crippen molar-refractivity contribution in [1.29, 1.82) is 0 Å². The summed E-state index contributed by atoms with van der Waals surface area (Å²) < 4.78 is 0. The molecule has 5 heteroatoms. The van der Waals surface area contributed by atoms with Crippen molar-refractivity contribution in [1.82, 2.24) is 10.3 Å². The molecule has 1 unspecified atom stereocenters. The number of benzene rings is 1. The van der Waals surface area contributed by atoms with E-state index in [1.807, 2.05) is 38.2 Å². The Morgan fingerprint density at radius 1 is 1.35 bits per heavy atom. The minimum absolute atomic E-state index is 0.0382. The van der Waals surface area contributed by atoms with Crippen LogP contribution in [0.2, 0.25) is 0 Å². The van der Waals surface area contributed by atoms with Gasteiger partial charge in [0.25, 0.3) is 5.69 Å². The third kappa shape index (κ3) is 3.61. The fourth-order valence-corrected chi connectivity index (χ4v) is 1.90. The molecule has 104 valence electrons. The van der Waals surface area contributed by atoms with Crippen molar-refractivity contribution < 1.29 is 4.92 Å². The van der Waals surface area contributed by atoms with E-state index in [1.54, 1.807) is 12.1 Å². The van der Waals surface area contributed by atoms with Gasteiger partial charge in [-0.15, -0.1) is 0 Å². The van der Waals surface area contributed by atoms with Crippen molar-refractivity contribution in [3.05, 3.63) is 69.5 Å². The lowest BCUT2D eigenvalue weighted by Gasteiger charge is -2.14. The summed E-state index contributed by atoms with van der Waals surface area (Å²) in [6, 6.07) is 10.7. The zero-order valence-electron chi connectivity index (χ0n) is 11.5. The van der Waals surface area contributed by atoms with Crippen LogP contribution in [0.1, 0.15) is 29.8 Å². The first-order chi connectivity index (χ1) is 9.56. The number of aryl methyl sites for hydroxylation is 1. The van der Waals surface area contributed by atoms with Crippen LogP contribution in [0.4, 0.5) is 5.69 Å². The lowest BCUT2D eigenvalue weighted by Crippen LogP contribution is -2.18. The molecule has 0 saturated heterocycles. The highest BCUT2D eigenvalue weighted by Gasteiger charge is 2.10. The van der Waals surface area contributed by atoms with Crippen LogP contribution in [0, 0.1) is 17.0 Å². The Bertz CT molecular complexity index is 596. The second kappa shape index (κ2) is 6.25. The first kappa shape index (κ1) is 14.1. The molecule has 0 saturated carbocycles. The van der Waals surface area contributed by atoms with Gasteiger partial charge in [-0.3, -0.25) is 15.1 Å². The summed E-state index contributed by atoms with van der Waals surface area (Å²) in [6.45, 7) is 4.61. The molecule has 0 aliphatic carbocycles. The number of hydrogen-bond acceptors (Lipinski definition) is 4. The van der Waals surface area contributed by atoms with Crippen molar-refractivity contribution in [3.63, 3.8) is 0 Å². The molecule has 0 fully saturated rings. The van der Waals surface area contributed by atoms with Gasteiger partial charge in [-0.1, -0.05) is 18.2 Å². The second-order valence-corrected chi connectivity index (χ2v) is 4.76.